The Morgan fingerprint density at radius 3 is 2.50 bits per heavy atom. The first-order valence-electron chi connectivity index (χ1n) is 13.2. The van der Waals surface area contributed by atoms with Gasteiger partial charge >= 0.3 is 0 Å². The number of carbonyl (C=O) groups excluding carboxylic acids is 1. The first-order chi connectivity index (χ1) is 19.5. The maximum atomic E-state index is 12.8. The van der Waals surface area contributed by atoms with Crippen molar-refractivity contribution in [2.75, 3.05) is 36.4 Å². The monoisotopic (exact) mass is 534 g/mol. The third-order valence-electron chi connectivity index (χ3n) is 7.05. The number of para-hydroxylation sites is 3. The van der Waals surface area contributed by atoms with E-state index in [2.05, 4.69) is 20.2 Å². The number of likely N-dealkylation sites (tertiary alicyclic amines) is 1. The molecule has 40 heavy (non-hydrogen) atoms. The standard InChI is InChI=1S/C30H30N8O2/c31-24-10-4-5-11-25(24)35-26(39)18-37-16-6-7-21(17-37)38-30-27(29(32)33-19-34-30)28(36-38)20-12-14-23(15-13-20)40-22-8-2-1-3-9-22/h1-5,8-15,19,21H,6-7,16-18,31H2,(H,35,39)(H2,32,33,34)/t21-/m1/s1. The van der Waals surface area contributed by atoms with Crippen LogP contribution in [0.15, 0.2) is 85.2 Å². The Hall–Kier alpha value is -4.96. The van der Waals surface area contributed by atoms with Crippen LogP contribution >= 0.6 is 0 Å². The number of nitrogens with two attached hydrogens (primary N) is 2. The highest BCUT2D eigenvalue weighted by molar-refractivity contribution is 5.98. The van der Waals surface area contributed by atoms with Crippen molar-refractivity contribution in [2.24, 2.45) is 0 Å². The van der Waals surface area contributed by atoms with Gasteiger partial charge in [-0.05, 0) is 67.9 Å². The van der Waals surface area contributed by atoms with Crippen molar-refractivity contribution in [3.8, 4) is 22.8 Å². The number of piperidine rings is 1. The van der Waals surface area contributed by atoms with Gasteiger partial charge in [0.05, 0.1) is 29.3 Å². The molecule has 0 bridgehead atoms. The number of amides is 1. The molecule has 1 atom stereocenters. The minimum Gasteiger partial charge on any atom is -0.457 e. The lowest BCUT2D eigenvalue weighted by Gasteiger charge is -2.32. The zero-order valence-electron chi connectivity index (χ0n) is 21.9. The van der Waals surface area contributed by atoms with E-state index in [0.29, 0.717) is 40.5 Å². The molecule has 0 saturated carbocycles. The maximum absolute atomic E-state index is 12.8. The summed E-state index contributed by atoms with van der Waals surface area (Å²) in [4.78, 5) is 23.7. The SMILES string of the molecule is Nc1ccccc1NC(=O)CN1CCC[C@@H](n2nc(-c3ccc(Oc4ccccc4)cc3)c3c(N)ncnc32)C1. The van der Waals surface area contributed by atoms with Crippen LogP contribution in [0.3, 0.4) is 0 Å². The molecule has 0 unspecified atom stereocenters. The first kappa shape index (κ1) is 25.3. The number of carbonyl (C=O) groups is 1. The summed E-state index contributed by atoms with van der Waals surface area (Å²) in [5.41, 5.74) is 15.8. The van der Waals surface area contributed by atoms with Crippen molar-refractivity contribution in [1.82, 2.24) is 24.6 Å². The van der Waals surface area contributed by atoms with Crippen molar-refractivity contribution in [1.29, 1.82) is 0 Å². The number of hydrogen-bond acceptors (Lipinski definition) is 8. The Bertz CT molecular complexity index is 1640. The van der Waals surface area contributed by atoms with E-state index in [4.69, 9.17) is 21.3 Å². The summed E-state index contributed by atoms with van der Waals surface area (Å²) in [5, 5.41) is 8.64. The quantitative estimate of drug-likeness (QED) is 0.255. The number of benzene rings is 3. The predicted molar refractivity (Wildman–Crippen MR) is 156 cm³/mol. The summed E-state index contributed by atoms with van der Waals surface area (Å²) < 4.78 is 7.89. The predicted octanol–water partition coefficient (Wildman–Crippen LogP) is 4.73. The summed E-state index contributed by atoms with van der Waals surface area (Å²) in [6.07, 6.45) is 3.30. The van der Waals surface area contributed by atoms with E-state index in [0.717, 1.165) is 36.4 Å². The van der Waals surface area contributed by atoms with E-state index in [1.165, 1.54) is 6.33 Å². The largest absolute Gasteiger partial charge is 0.457 e. The smallest absolute Gasteiger partial charge is 0.238 e. The highest BCUT2D eigenvalue weighted by Gasteiger charge is 2.27. The lowest BCUT2D eigenvalue weighted by atomic mass is 10.1. The molecule has 1 aliphatic rings. The molecule has 3 aromatic carbocycles. The van der Waals surface area contributed by atoms with E-state index >= 15 is 0 Å². The van der Waals surface area contributed by atoms with Gasteiger partial charge in [0.1, 0.15) is 29.3 Å². The molecule has 1 amide bonds. The van der Waals surface area contributed by atoms with Crippen LogP contribution in [0.1, 0.15) is 18.9 Å². The van der Waals surface area contributed by atoms with Crippen LogP contribution in [-0.4, -0.2) is 50.2 Å². The van der Waals surface area contributed by atoms with Gasteiger partial charge in [-0.2, -0.15) is 5.10 Å². The van der Waals surface area contributed by atoms with Crippen molar-refractivity contribution >= 4 is 34.1 Å². The van der Waals surface area contributed by atoms with Crippen LogP contribution < -0.4 is 21.5 Å². The average Bonchev–Trinajstić information content (AvgIpc) is 3.36. The number of rotatable bonds is 7. The van der Waals surface area contributed by atoms with Gasteiger partial charge in [-0.25, -0.2) is 14.6 Å². The van der Waals surface area contributed by atoms with Crippen LogP contribution in [0.25, 0.3) is 22.3 Å². The van der Waals surface area contributed by atoms with Crippen molar-refractivity contribution in [3.63, 3.8) is 0 Å². The normalized spacial score (nSPS) is 15.7. The summed E-state index contributed by atoms with van der Waals surface area (Å²) in [6, 6.07) is 24.7. The lowest BCUT2D eigenvalue weighted by Crippen LogP contribution is -2.41. The molecule has 5 aromatic rings. The van der Waals surface area contributed by atoms with Crippen molar-refractivity contribution in [2.45, 2.75) is 18.9 Å². The van der Waals surface area contributed by atoms with E-state index in [9.17, 15) is 4.79 Å². The molecule has 6 rings (SSSR count). The summed E-state index contributed by atoms with van der Waals surface area (Å²) >= 11 is 0. The van der Waals surface area contributed by atoms with Gasteiger partial charge in [-0.1, -0.05) is 30.3 Å². The van der Waals surface area contributed by atoms with E-state index < -0.39 is 0 Å². The molecule has 0 radical (unpaired) electrons. The first-order valence-corrected chi connectivity index (χ1v) is 13.2. The van der Waals surface area contributed by atoms with Gasteiger partial charge in [0.15, 0.2) is 5.65 Å². The van der Waals surface area contributed by atoms with Crippen molar-refractivity contribution < 1.29 is 9.53 Å². The number of hydrogen-bond donors (Lipinski definition) is 3. The molecule has 1 saturated heterocycles. The Kier molecular flexibility index (Phi) is 6.98. The van der Waals surface area contributed by atoms with Gasteiger partial charge in [-0.15, -0.1) is 0 Å². The minimum absolute atomic E-state index is 0.0228. The van der Waals surface area contributed by atoms with E-state index in [-0.39, 0.29) is 18.5 Å². The fourth-order valence-corrected chi connectivity index (χ4v) is 5.14. The third kappa shape index (κ3) is 5.29. The van der Waals surface area contributed by atoms with Gasteiger partial charge in [0, 0.05) is 12.1 Å². The van der Waals surface area contributed by atoms with E-state index in [1.54, 1.807) is 12.1 Å². The average molecular weight is 535 g/mol. The molecule has 10 heteroatoms. The molecule has 0 spiro atoms. The second-order valence-electron chi connectivity index (χ2n) is 9.86. The van der Waals surface area contributed by atoms with Gasteiger partial charge in [-0.3, -0.25) is 9.69 Å². The Balaban J connectivity index is 1.23. The molecule has 1 aliphatic heterocycles. The zero-order valence-corrected chi connectivity index (χ0v) is 21.9. The Morgan fingerprint density at radius 2 is 1.70 bits per heavy atom. The number of anilines is 3. The molecule has 0 aliphatic carbocycles. The van der Waals surface area contributed by atoms with Crippen molar-refractivity contribution in [3.05, 3.63) is 85.2 Å². The summed E-state index contributed by atoms with van der Waals surface area (Å²) in [7, 11) is 0. The molecule has 5 N–H and O–H groups in total. The number of aromatic nitrogens is 4. The maximum Gasteiger partial charge on any atom is 0.238 e. The molecule has 2 aromatic heterocycles. The van der Waals surface area contributed by atoms with Crippen LogP contribution in [0, 0.1) is 0 Å². The second-order valence-corrected chi connectivity index (χ2v) is 9.86. The van der Waals surface area contributed by atoms with Gasteiger partial charge in [0.25, 0.3) is 0 Å². The number of nitrogens with zero attached hydrogens (tertiary/aromatic N) is 5. The molecule has 1 fully saturated rings. The van der Waals surface area contributed by atoms with Crippen LogP contribution in [0.2, 0.25) is 0 Å². The highest BCUT2D eigenvalue weighted by Crippen LogP contribution is 2.35. The second kappa shape index (κ2) is 11.0. The van der Waals surface area contributed by atoms with Crippen LogP contribution in [0.4, 0.5) is 17.2 Å². The summed E-state index contributed by atoms with van der Waals surface area (Å²) in [6.45, 7) is 1.73. The lowest BCUT2D eigenvalue weighted by molar-refractivity contribution is -0.117. The fourth-order valence-electron chi connectivity index (χ4n) is 5.14. The zero-order chi connectivity index (χ0) is 27.5. The number of fused-ring (bicyclic) bond motifs is 1. The van der Waals surface area contributed by atoms with Crippen LogP contribution in [-0.2, 0) is 4.79 Å². The molecule has 202 valence electrons. The molecular formula is C30H30N8O2. The molecule has 3 heterocycles. The Morgan fingerprint density at radius 1 is 0.950 bits per heavy atom. The van der Waals surface area contributed by atoms with E-state index in [1.807, 2.05) is 71.4 Å². The van der Waals surface area contributed by atoms with Gasteiger partial charge < -0.3 is 21.5 Å². The Labute approximate surface area is 231 Å². The third-order valence-corrected chi connectivity index (χ3v) is 7.05. The van der Waals surface area contributed by atoms with Crippen LogP contribution in [0.5, 0.6) is 11.5 Å². The topological polar surface area (TPSA) is 137 Å². The summed E-state index contributed by atoms with van der Waals surface area (Å²) in [5.74, 6) is 1.77. The fraction of sp³-hybridized carbons (Fsp3) is 0.200. The minimum atomic E-state index is -0.103. The number of nitrogens with one attached hydrogen (secondary N) is 1. The highest BCUT2D eigenvalue weighted by atomic mass is 16.5. The molecule has 10 nitrogen and oxygen atoms in total. The number of ether oxygens (including phenoxy) is 1. The number of nitrogen functional groups attached to an aromatic ring is 2. The van der Waals surface area contributed by atoms with Gasteiger partial charge in [0.2, 0.25) is 5.91 Å². The molecular weight excluding hydrogens is 504 g/mol.